The van der Waals surface area contributed by atoms with E-state index < -0.39 is 0 Å². The predicted octanol–water partition coefficient (Wildman–Crippen LogP) is 3.10. The molecule has 2 rings (SSSR count). The van der Waals surface area contributed by atoms with Crippen LogP contribution in [0.1, 0.15) is 19.4 Å². The molecule has 0 radical (unpaired) electrons. The molecule has 1 unspecified atom stereocenters. The summed E-state index contributed by atoms with van der Waals surface area (Å²) in [7, 11) is 0. The summed E-state index contributed by atoms with van der Waals surface area (Å²) in [6, 6.07) is 8.23. The number of nitrogens with one attached hydrogen (secondary N) is 1. The lowest BCUT2D eigenvalue weighted by atomic mass is 10.0. The highest BCUT2D eigenvalue weighted by atomic mass is 79.9. The number of aromatic nitrogens is 1. The second-order valence-electron chi connectivity index (χ2n) is 5.02. The van der Waals surface area contributed by atoms with Crippen molar-refractivity contribution in [3.63, 3.8) is 0 Å². The Morgan fingerprint density at radius 1 is 1.32 bits per heavy atom. The van der Waals surface area contributed by atoms with Crippen molar-refractivity contribution in [3.05, 3.63) is 40.5 Å². The molecule has 1 heterocycles. The largest absolute Gasteiger partial charge is 0.395 e. The lowest BCUT2D eigenvalue weighted by Crippen LogP contribution is -2.36. The van der Waals surface area contributed by atoms with E-state index in [0.29, 0.717) is 12.5 Å². The monoisotopic (exact) mass is 322 g/mol. The lowest BCUT2D eigenvalue weighted by molar-refractivity contribution is 0.210. The smallest absolute Gasteiger partial charge is 0.0758 e. The molecule has 3 nitrogen and oxygen atoms in total. The molecule has 0 bridgehead atoms. The van der Waals surface area contributed by atoms with Gasteiger partial charge in [0.2, 0.25) is 0 Å². The van der Waals surface area contributed by atoms with E-state index in [9.17, 15) is 5.11 Å². The molecule has 0 amide bonds. The van der Waals surface area contributed by atoms with E-state index in [1.807, 2.05) is 18.3 Å². The molecular formula is C15H19BrN2O. The number of pyridine rings is 1. The number of nitrogens with zero attached hydrogens (tertiary/aromatic N) is 1. The quantitative estimate of drug-likeness (QED) is 0.889. The summed E-state index contributed by atoms with van der Waals surface area (Å²) in [6.45, 7) is 5.07. The summed E-state index contributed by atoms with van der Waals surface area (Å²) in [5, 5.41) is 13.9. The second kappa shape index (κ2) is 6.46. The van der Waals surface area contributed by atoms with E-state index in [-0.39, 0.29) is 12.6 Å². The zero-order chi connectivity index (χ0) is 13.8. The Hall–Kier alpha value is -0.970. The van der Waals surface area contributed by atoms with E-state index in [1.165, 1.54) is 0 Å². The first-order valence-electron chi connectivity index (χ1n) is 6.50. The van der Waals surface area contributed by atoms with Crippen LogP contribution < -0.4 is 5.32 Å². The van der Waals surface area contributed by atoms with Crippen LogP contribution in [0.15, 0.2) is 34.9 Å². The van der Waals surface area contributed by atoms with Crippen LogP contribution in [0.4, 0.5) is 0 Å². The third kappa shape index (κ3) is 3.32. The number of hydrogen-bond acceptors (Lipinski definition) is 3. The van der Waals surface area contributed by atoms with Gasteiger partial charge in [-0.25, -0.2) is 0 Å². The van der Waals surface area contributed by atoms with Crippen molar-refractivity contribution in [2.24, 2.45) is 5.92 Å². The number of aliphatic hydroxyl groups is 1. The van der Waals surface area contributed by atoms with Crippen molar-refractivity contribution >= 4 is 26.8 Å². The van der Waals surface area contributed by atoms with Crippen LogP contribution in [0.3, 0.4) is 0 Å². The molecule has 2 aromatic rings. The highest BCUT2D eigenvalue weighted by molar-refractivity contribution is 9.10. The highest BCUT2D eigenvalue weighted by Gasteiger charge is 2.12. The number of hydrogen-bond donors (Lipinski definition) is 2. The summed E-state index contributed by atoms with van der Waals surface area (Å²) in [5.41, 5.74) is 2.16. The minimum absolute atomic E-state index is 0.113. The molecule has 0 aliphatic carbocycles. The molecule has 4 heteroatoms. The first-order valence-corrected chi connectivity index (χ1v) is 7.29. The van der Waals surface area contributed by atoms with Gasteiger partial charge in [-0.2, -0.15) is 0 Å². The molecule has 0 aliphatic rings. The Morgan fingerprint density at radius 2 is 2.11 bits per heavy atom. The van der Waals surface area contributed by atoms with Gasteiger partial charge in [0.25, 0.3) is 0 Å². The topological polar surface area (TPSA) is 45.1 Å². The highest BCUT2D eigenvalue weighted by Crippen LogP contribution is 2.25. The Kier molecular flexibility index (Phi) is 4.91. The number of rotatable bonds is 5. The van der Waals surface area contributed by atoms with E-state index in [0.717, 1.165) is 20.9 Å². The fourth-order valence-electron chi connectivity index (χ4n) is 2.09. The van der Waals surface area contributed by atoms with Gasteiger partial charge in [0.05, 0.1) is 12.1 Å². The van der Waals surface area contributed by atoms with Crippen LogP contribution in [0, 0.1) is 5.92 Å². The molecule has 0 saturated heterocycles. The van der Waals surface area contributed by atoms with E-state index in [4.69, 9.17) is 0 Å². The molecule has 1 atom stereocenters. The molecule has 1 aromatic carbocycles. The predicted molar refractivity (Wildman–Crippen MR) is 82.0 cm³/mol. The van der Waals surface area contributed by atoms with Gasteiger partial charge < -0.3 is 10.4 Å². The summed E-state index contributed by atoms with van der Waals surface area (Å²) in [6.07, 6.45) is 1.81. The van der Waals surface area contributed by atoms with Gasteiger partial charge in [-0.15, -0.1) is 0 Å². The molecule has 19 heavy (non-hydrogen) atoms. The van der Waals surface area contributed by atoms with E-state index in [2.05, 4.69) is 52.2 Å². The zero-order valence-corrected chi connectivity index (χ0v) is 12.8. The Labute approximate surface area is 122 Å². The number of benzene rings is 1. The Morgan fingerprint density at radius 3 is 2.79 bits per heavy atom. The van der Waals surface area contributed by atoms with Gasteiger partial charge in [0.15, 0.2) is 0 Å². The number of fused-ring (bicyclic) bond motifs is 1. The van der Waals surface area contributed by atoms with Gasteiger partial charge in [-0.3, -0.25) is 4.98 Å². The second-order valence-corrected chi connectivity index (χ2v) is 5.87. The van der Waals surface area contributed by atoms with E-state index >= 15 is 0 Å². The maximum atomic E-state index is 9.35. The summed E-state index contributed by atoms with van der Waals surface area (Å²) in [4.78, 5) is 4.46. The average molecular weight is 323 g/mol. The normalized spacial score (nSPS) is 13.1. The van der Waals surface area contributed by atoms with Crippen molar-refractivity contribution in [2.75, 3.05) is 6.61 Å². The molecule has 1 aromatic heterocycles. The maximum absolute atomic E-state index is 9.35. The molecular weight excluding hydrogens is 304 g/mol. The van der Waals surface area contributed by atoms with Crippen LogP contribution in [0.2, 0.25) is 0 Å². The van der Waals surface area contributed by atoms with Crippen LogP contribution >= 0.6 is 15.9 Å². The van der Waals surface area contributed by atoms with Gasteiger partial charge in [0, 0.05) is 28.6 Å². The molecule has 2 N–H and O–H groups in total. The Bertz CT molecular complexity index is 557. The standard InChI is InChI=1S/C15H19BrN2O/c1-10(2)14(9-19)18-8-11-5-6-13(16)12-4-3-7-17-15(11)12/h3-7,10,14,18-19H,8-9H2,1-2H3. The maximum Gasteiger partial charge on any atom is 0.0758 e. The summed E-state index contributed by atoms with van der Waals surface area (Å²) < 4.78 is 1.06. The van der Waals surface area contributed by atoms with Crippen LogP contribution in [0.5, 0.6) is 0 Å². The Balaban J connectivity index is 2.24. The first-order chi connectivity index (χ1) is 9.13. The van der Waals surface area contributed by atoms with Crippen molar-refractivity contribution in [1.29, 1.82) is 0 Å². The number of halogens is 1. The molecule has 0 fully saturated rings. The van der Waals surface area contributed by atoms with Crippen molar-refractivity contribution in [1.82, 2.24) is 10.3 Å². The summed E-state index contributed by atoms with van der Waals surface area (Å²) in [5.74, 6) is 0.402. The van der Waals surface area contributed by atoms with E-state index in [1.54, 1.807) is 0 Å². The molecule has 0 spiro atoms. The third-order valence-corrected chi connectivity index (χ3v) is 4.05. The molecule has 0 saturated carbocycles. The van der Waals surface area contributed by atoms with Crippen molar-refractivity contribution in [3.8, 4) is 0 Å². The lowest BCUT2D eigenvalue weighted by Gasteiger charge is -2.20. The third-order valence-electron chi connectivity index (χ3n) is 3.36. The fraction of sp³-hybridized carbons (Fsp3) is 0.400. The van der Waals surface area contributed by atoms with Gasteiger partial charge in [0.1, 0.15) is 0 Å². The fourth-order valence-corrected chi connectivity index (χ4v) is 2.54. The molecule has 0 aliphatic heterocycles. The van der Waals surface area contributed by atoms with Gasteiger partial charge in [-0.05, 0) is 23.6 Å². The van der Waals surface area contributed by atoms with Gasteiger partial charge in [-0.1, -0.05) is 41.9 Å². The minimum Gasteiger partial charge on any atom is -0.395 e. The first kappa shape index (κ1) is 14.4. The van der Waals surface area contributed by atoms with Crippen LogP contribution in [0.25, 0.3) is 10.9 Å². The van der Waals surface area contributed by atoms with Crippen LogP contribution in [-0.2, 0) is 6.54 Å². The van der Waals surface area contributed by atoms with Crippen LogP contribution in [-0.4, -0.2) is 22.7 Å². The minimum atomic E-state index is 0.113. The average Bonchev–Trinajstić information content (AvgIpc) is 2.42. The SMILES string of the molecule is CC(C)C(CO)NCc1ccc(Br)c2cccnc12. The van der Waals surface area contributed by atoms with Gasteiger partial charge >= 0.3 is 0 Å². The molecule has 102 valence electrons. The van der Waals surface area contributed by atoms with Crippen molar-refractivity contribution < 1.29 is 5.11 Å². The zero-order valence-electron chi connectivity index (χ0n) is 11.2. The van der Waals surface area contributed by atoms with Crippen molar-refractivity contribution in [2.45, 2.75) is 26.4 Å². The summed E-state index contributed by atoms with van der Waals surface area (Å²) >= 11 is 3.55. The number of aliphatic hydroxyl groups excluding tert-OH is 1.